The van der Waals surface area contributed by atoms with E-state index in [1.165, 1.54) is 24.8 Å². The van der Waals surface area contributed by atoms with Crippen LogP contribution in [-0.4, -0.2) is 0 Å². The third-order valence-corrected chi connectivity index (χ3v) is 3.95. The quantitative estimate of drug-likeness (QED) is 0.664. The summed E-state index contributed by atoms with van der Waals surface area (Å²) in [6.07, 6.45) is 3.83. The van der Waals surface area contributed by atoms with Crippen LogP contribution in [0.15, 0.2) is 10.8 Å². The molecule has 1 heteroatoms. The van der Waals surface area contributed by atoms with E-state index >= 15 is 0 Å². The van der Waals surface area contributed by atoms with E-state index in [2.05, 4.69) is 38.5 Å². The Morgan fingerprint density at radius 2 is 2.00 bits per heavy atom. The minimum atomic E-state index is 0.416. The molecule has 0 radical (unpaired) electrons. The summed E-state index contributed by atoms with van der Waals surface area (Å²) in [6, 6.07) is 0. The minimum Gasteiger partial charge on any atom is -0.152 e. The molecule has 1 unspecified atom stereocenters. The summed E-state index contributed by atoms with van der Waals surface area (Å²) >= 11 is 1.83. The molecule has 1 heterocycles. The van der Waals surface area contributed by atoms with Gasteiger partial charge in [0, 0.05) is 0 Å². The SMILES string of the molecule is CCCC(C)(CC)c1cscc1C. The fourth-order valence-electron chi connectivity index (χ4n) is 2.03. The molecule has 1 aromatic rings. The van der Waals surface area contributed by atoms with Crippen molar-refractivity contribution in [2.45, 2.75) is 52.4 Å². The Hall–Kier alpha value is -0.300. The molecule has 0 aromatic carbocycles. The molecule has 0 fully saturated rings. The van der Waals surface area contributed by atoms with Gasteiger partial charge in [-0.25, -0.2) is 0 Å². The summed E-state index contributed by atoms with van der Waals surface area (Å²) in [5.74, 6) is 0. The van der Waals surface area contributed by atoms with Crippen LogP contribution in [0.5, 0.6) is 0 Å². The molecule has 13 heavy (non-hydrogen) atoms. The molecule has 0 aliphatic rings. The van der Waals surface area contributed by atoms with E-state index in [0.717, 1.165) is 0 Å². The number of rotatable bonds is 4. The van der Waals surface area contributed by atoms with Gasteiger partial charge < -0.3 is 0 Å². The monoisotopic (exact) mass is 196 g/mol. The predicted molar refractivity (Wildman–Crippen MR) is 61.6 cm³/mol. The van der Waals surface area contributed by atoms with Gasteiger partial charge in [-0.3, -0.25) is 0 Å². The van der Waals surface area contributed by atoms with Crippen molar-refractivity contribution in [3.05, 3.63) is 21.9 Å². The zero-order chi connectivity index (χ0) is 9.90. The van der Waals surface area contributed by atoms with E-state index in [9.17, 15) is 0 Å². The molecule has 1 aromatic heterocycles. The molecular weight excluding hydrogens is 176 g/mol. The van der Waals surface area contributed by atoms with E-state index < -0.39 is 0 Å². The lowest BCUT2D eigenvalue weighted by Gasteiger charge is -2.28. The molecule has 74 valence electrons. The van der Waals surface area contributed by atoms with E-state index in [-0.39, 0.29) is 0 Å². The Labute approximate surface area is 86.0 Å². The molecule has 0 aliphatic heterocycles. The van der Waals surface area contributed by atoms with Crippen molar-refractivity contribution in [3.63, 3.8) is 0 Å². The van der Waals surface area contributed by atoms with Crippen molar-refractivity contribution in [1.82, 2.24) is 0 Å². The lowest BCUT2D eigenvalue weighted by molar-refractivity contribution is 0.413. The summed E-state index contributed by atoms with van der Waals surface area (Å²) < 4.78 is 0. The van der Waals surface area contributed by atoms with Crippen LogP contribution in [0, 0.1) is 6.92 Å². The van der Waals surface area contributed by atoms with Crippen molar-refractivity contribution in [3.8, 4) is 0 Å². The fraction of sp³-hybridized carbons (Fsp3) is 0.667. The van der Waals surface area contributed by atoms with Crippen LogP contribution in [0.4, 0.5) is 0 Å². The highest BCUT2D eigenvalue weighted by atomic mass is 32.1. The smallest absolute Gasteiger partial charge is 0.00530 e. The molecule has 0 N–H and O–H groups in total. The maximum atomic E-state index is 2.39. The van der Waals surface area contributed by atoms with Gasteiger partial charge in [0.15, 0.2) is 0 Å². The first-order valence-corrected chi connectivity index (χ1v) is 6.11. The van der Waals surface area contributed by atoms with Gasteiger partial charge in [-0.1, -0.05) is 27.2 Å². The molecule has 0 aliphatic carbocycles. The maximum absolute atomic E-state index is 2.39. The highest BCUT2D eigenvalue weighted by molar-refractivity contribution is 7.08. The van der Waals surface area contributed by atoms with E-state index in [4.69, 9.17) is 0 Å². The molecule has 0 saturated heterocycles. The number of hydrogen-bond donors (Lipinski definition) is 0. The third kappa shape index (κ3) is 2.14. The largest absolute Gasteiger partial charge is 0.152 e. The minimum absolute atomic E-state index is 0.416. The van der Waals surface area contributed by atoms with Crippen molar-refractivity contribution < 1.29 is 0 Å². The summed E-state index contributed by atoms with van der Waals surface area (Å²) in [4.78, 5) is 0. The number of aryl methyl sites for hydroxylation is 1. The number of hydrogen-bond acceptors (Lipinski definition) is 1. The van der Waals surface area contributed by atoms with Gasteiger partial charge in [0.2, 0.25) is 0 Å². The fourth-order valence-corrected chi connectivity index (χ4v) is 3.04. The van der Waals surface area contributed by atoms with Gasteiger partial charge >= 0.3 is 0 Å². The first-order chi connectivity index (χ1) is 6.14. The molecule has 0 amide bonds. The zero-order valence-corrected chi connectivity index (χ0v) is 10.0. The van der Waals surface area contributed by atoms with Crippen LogP contribution in [0.2, 0.25) is 0 Å². The van der Waals surface area contributed by atoms with Crippen LogP contribution >= 0.6 is 11.3 Å². The average Bonchev–Trinajstić information content (AvgIpc) is 2.52. The van der Waals surface area contributed by atoms with Gasteiger partial charge in [-0.2, -0.15) is 11.3 Å². The van der Waals surface area contributed by atoms with Gasteiger partial charge in [-0.15, -0.1) is 0 Å². The summed E-state index contributed by atoms with van der Waals surface area (Å²) in [5, 5.41) is 4.59. The van der Waals surface area contributed by atoms with Crippen LogP contribution in [0.1, 0.15) is 51.2 Å². The molecule has 1 rings (SSSR count). The van der Waals surface area contributed by atoms with Gasteiger partial charge in [-0.05, 0) is 47.1 Å². The number of thiophene rings is 1. The normalized spacial score (nSPS) is 15.7. The Bertz CT molecular complexity index is 262. The van der Waals surface area contributed by atoms with E-state index in [1.54, 1.807) is 5.56 Å². The second-order valence-corrected chi connectivity index (χ2v) is 4.88. The summed E-state index contributed by atoms with van der Waals surface area (Å²) in [7, 11) is 0. The first kappa shape index (κ1) is 10.8. The van der Waals surface area contributed by atoms with Gasteiger partial charge in [0.1, 0.15) is 0 Å². The summed E-state index contributed by atoms with van der Waals surface area (Å²) in [5.41, 5.74) is 3.46. The first-order valence-electron chi connectivity index (χ1n) is 5.17. The van der Waals surface area contributed by atoms with E-state index in [0.29, 0.717) is 5.41 Å². The molecular formula is C12H20S. The van der Waals surface area contributed by atoms with Crippen molar-refractivity contribution >= 4 is 11.3 Å². The van der Waals surface area contributed by atoms with Gasteiger partial charge in [0.05, 0.1) is 0 Å². The van der Waals surface area contributed by atoms with Crippen molar-refractivity contribution in [2.24, 2.45) is 0 Å². The van der Waals surface area contributed by atoms with Gasteiger partial charge in [0.25, 0.3) is 0 Å². The molecule has 0 nitrogen and oxygen atoms in total. The predicted octanol–water partition coefficient (Wildman–Crippen LogP) is 4.52. The van der Waals surface area contributed by atoms with Crippen LogP contribution < -0.4 is 0 Å². The summed E-state index contributed by atoms with van der Waals surface area (Å²) in [6.45, 7) is 9.20. The van der Waals surface area contributed by atoms with Crippen LogP contribution in [0.25, 0.3) is 0 Å². The Balaban J connectivity index is 2.95. The lowest BCUT2D eigenvalue weighted by Crippen LogP contribution is -2.20. The van der Waals surface area contributed by atoms with Crippen molar-refractivity contribution in [2.75, 3.05) is 0 Å². The highest BCUT2D eigenvalue weighted by Crippen LogP contribution is 2.36. The Morgan fingerprint density at radius 1 is 1.31 bits per heavy atom. The Kier molecular flexibility index (Phi) is 3.55. The third-order valence-electron chi connectivity index (χ3n) is 3.09. The highest BCUT2D eigenvalue weighted by Gasteiger charge is 2.25. The molecule has 0 bridgehead atoms. The molecule has 0 saturated carbocycles. The van der Waals surface area contributed by atoms with Crippen LogP contribution in [-0.2, 0) is 5.41 Å². The lowest BCUT2D eigenvalue weighted by atomic mass is 9.76. The zero-order valence-electron chi connectivity index (χ0n) is 9.18. The second kappa shape index (κ2) is 4.28. The Morgan fingerprint density at radius 3 is 2.38 bits per heavy atom. The molecule has 1 atom stereocenters. The maximum Gasteiger partial charge on any atom is -0.00530 e. The van der Waals surface area contributed by atoms with Crippen molar-refractivity contribution in [1.29, 1.82) is 0 Å². The second-order valence-electron chi connectivity index (χ2n) is 4.13. The average molecular weight is 196 g/mol. The standard InChI is InChI=1S/C12H20S/c1-5-7-12(4,6-2)11-9-13-8-10(11)3/h8-9H,5-7H2,1-4H3. The topological polar surface area (TPSA) is 0 Å². The molecule has 0 spiro atoms. The van der Waals surface area contributed by atoms with E-state index in [1.807, 2.05) is 11.3 Å². The van der Waals surface area contributed by atoms with Crippen LogP contribution in [0.3, 0.4) is 0 Å².